The number of rotatable bonds is 4. The summed E-state index contributed by atoms with van der Waals surface area (Å²) in [7, 11) is 1.80. The fourth-order valence-corrected chi connectivity index (χ4v) is 3.43. The van der Waals surface area contributed by atoms with Gasteiger partial charge in [0.15, 0.2) is 11.5 Å². The number of aryl methyl sites for hydroxylation is 1. The predicted molar refractivity (Wildman–Crippen MR) is 106 cm³/mol. The molecule has 0 N–H and O–H groups in total. The lowest BCUT2D eigenvalue weighted by Gasteiger charge is -2.21. The molecule has 0 bridgehead atoms. The third kappa shape index (κ3) is 3.33. The molecule has 1 amide bonds. The summed E-state index contributed by atoms with van der Waals surface area (Å²) in [5, 5.41) is 4.67. The number of amides is 1. The Balaban J connectivity index is 1.56. The van der Waals surface area contributed by atoms with Gasteiger partial charge >= 0.3 is 0 Å². The highest BCUT2D eigenvalue weighted by atomic mass is 16.6. The van der Waals surface area contributed by atoms with Crippen molar-refractivity contribution in [3.05, 3.63) is 71.0 Å². The molecular formula is C22H23N3O3. The molecule has 4 rings (SSSR count). The summed E-state index contributed by atoms with van der Waals surface area (Å²) < 4.78 is 13.0. The third-order valence-corrected chi connectivity index (χ3v) is 4.97. The monoisotopic (exact) mass is 377 g/mol. The zero-order valence-electron chi connectivity index (χ0n) is 16.3. The summed E-state index contributed by atoms with van der Waals surface area (Å²) in [5.41, 5.74) is 4.60. The Kier molecular flexibility index (Phi) is 4.77. The van der Waals surface area contributed by atoms with E-state index in [-0.39, 0.29) is 5.91 Å². The van der Waals surface area contributed by atoms with Crippen molar-refractivity contribution in [2.24, 2.45) is 0 Å². The van der Waals surface area contributed by atoms with Crippen LogP contribution in [0.2, 0.25) is 0 Å². The molecule has 0 fully saturated rings. The lowest BCUT2D eigenvalue weighted by Crippen LogP contribution is -2.27. The van der Waals surface area contributed by atoms with Gasteiger partial charge in [0.25, 0.3) is 5.91 Å². The highest BCUT2D eigenvalue weighted by Crippen LogP contribution is 2.31. The van der Waals surface area contributed by atoms with Crippen molar-refractivity contribution < 1.29 is 14.3 Å². The standard InChI is InChI=1S/C22H23N3O3/c1-15-19(16(2)25(23-15)18-7-5-4-6-8-18)14-24(3)22(26)17-9-10-20-21(13-17)28-12-11-27-20/h4-10,13H,11-12,14H2,1-3H3. The van der Waals surface area contributed by atoms with Gasteiger partial charge in [0.05, 0.1) is 11.4 Å². The molecule has 6 heteroatoms. The van der Waals surface area contributed by atoms with Crippen LogP contribution in [0.25, 0.3) is 5.69 Å². The summed E-state index contributed by atoms with van der Waals surface area (Å²) >= 11 is 0. The number of ether oxygens (including phenoxy) is 2. The summed E-state index contributed by atoms with van der Waals surface area (Å²) in [6.45, 7) is 5.52. The zero-order chi connectivity index (χ0) is 19.7. The van der Waals surface area contributed by atoms with Crippen LogP contribution in [0.1, 0.15) is 27.3 Å². The molecule has 0 spiro atoms. The first kappa shape index (κ1) is 18.1. The van der Waals surface area contributed by atoms with Gasteiger partial charge in [-0.15, -0.1) is 0 Å². The van der Waals surface area contributed by atoms with Crippen molar-refractivity contribution in [1.82, 2.24) is 14.7 Å². The van der Waals surface area contributed by atoms with E-state index in [2.05, 4.69) is 5.10 Å². The second-order valence-corrected chi connectivity index (χ2v) is 6.92. The topological polar surface area (TPSA) is 56.6 Å². The fourth-order valence-electron chi connectivity index (χ4n) is 3.43. The summed E-state index contributed by atoms with van der Waals surface area (Å²) in [5.74, 6) is 1.24. The molecule has 0 saturated heterocycles. The van der Waals surface area contributed by atoms with Gasteiger partial charge in [-0.3, -0.25) is 4.79 Å². The minimum Gasteiger partial charge on any atom is -0.486 e. The lowest BCUT2D eigenvalue weighted by molar-refractivity contribution is 0.0783. The Morgan fingerprint density at radius 2 is 1.79 bits per heavy atom. The van der Waals surface area contributed by atoms with Crippen LogP contribution < -0.4 is 9.47 Å². The summed E-state index contributed by atoms with van der Waals surface area (Å²) in [6, 6.07) is 15.3. The van der Waals surface area contributed by atoms with E-state index in [0.29, 0.717) is 36.8 Å². The van der Waals surface area contributed by atoms with Crippen molar-refractivity contribution in [3.8, 4) is 17.2 Å². The minimum atomic E-state index is -0.0664. The van der Waals surface area contributed by atoms with Crippen LogP contribution in [0.5, 0.6) is 11.5 Å². The number of benzene rings is 2. The molecule has 0 radical (unpaired) electrons. The maximum atomic E-state index is 12.9. The SMILES string of the molecule is Cc1nn(-c2ccccc2)c(C)c1CN(C)C(=O)c1ccc2c(c1)OCCO2. The average Bonchev–Trinajstić information content (AvgIpc) is 3.01. The molecule has 1 aliphatic rings. The highest BCUT2D eigenvalue weighted by Gasteiger charge is 2.20. The van der Waals surface area contributed by atoms with E-state index in [1.54, 1.807) is 30.1 Å². The van der Waals surface area contributed by atoms with E-state index in [0.717, 1.165) is 22.6 Å². The van der Waals surface area contributed by atoms with Crippen molar-refractivity contribution in [2.75, 3.05) is 20.3 Å². The van der Waals surface area contributed by atoms with Crippen LogP contribution >= 0.6 is 0 Å². The van der Waals surface area contributed by atoms with Crippen LogP contribution in [0.3, 0.4) is 0 Å². The van der Waals surface area contributed by atoms with Gasteiger partial charge in [-0.1, -0.05) is 18.2 Å². The second kappa shape index (κ2) is 7.38. The van der Waals surface area contributed by atoms with E-state index < -0.39 is 0 Å². The fraction of sp³-hybridized carbons (Fsp3) is 0.273. The molecule has 0 unspecified atom stereocenters. The van der Waals surface area contributed by atoms with Gasteiger partial charge in [-0.05, 0) is 44.2 Å². The minimum absolute atomic E-state index is 0.0664. The quantitative estimate of drug-likeness (QED) is 0.698. The number of fused-ring (bicyclic) bond motifs is 1. The first-order valence-corrected chi connectivity index (χ1v) is 9.30. The van der Waals surface area contributed by atoms with Crippen LogP contribution in [0, 0.1) is 13.8 Å². The number of carbonyl (C=O) groups excluding carboxylic acids is 1. The Morgan fingerprint density at radius 3 is 2.54 bits per heavy atom. The van der Waals surface area contributed by atoms with Crippen molar-refractivity contribution in [1.29, 1.82) is 0 Å². The normalized spacial score (nSPS) is 12.7. The van der Waals surface area contributed by atoms with E-state index in [4.69, 9.17) is 9.47 Å². The number of hydrogen-bond donors (Lipinski definition) is 0. The van der Waals surface area contributed by atoms with Crippen LogP contribution in [-0.4, -0.2) is 40.8 Å². The van der Waals surface area contributed by atoms with Crippen LogP contribution in [0.4, 0.5) is 0 Å². The number of nitrogens with zero attached hydrogens (tertiary/aromatic N) is 3. The van der Waals surface area contributed by atoms with E-state index in [1.807, 2.05) is 48.9 Å². The van der Waals surface area contributed by atoms with Crippen molar-refractivity contribution >= 4 is 5.91 Å². The molecule has 3 aromatic rings. The van der Waals surface area contributed by atoms with Gasteiger partial charge in [0.1, 0.15) is 13.2 Å². The van der Waals surface area contributed by atoms with Gasteiger partial charge in [-0.25, -0.2) is 4.68 Å². The second-order valence-electron chi connectivity index (χ2n) is 6.92. The van der Waals surface area contributed by atoms with Gasteiger partial charge < -0.3 is 14.4 Å². The third-order valence-electron chi connectivity index (χ3n) is 4.97. The van der Waals surface area contributed by atoms with Crippen molar-refractivity contribution in [2.45, 2.75) is 20.4 Å². The zero-order valence-corrected chi connectivity index (χ0v) is 16.3. The largest absolute Gasteiger partial charge is 0.486 e. The first-order chi connectivity index (χ1) is 13.5. The molecule has 2 aromatic carbocycles. The molecule has 1 aliphatic heterocycles. The maximum absolute atomic E-state index is 12.9. The Morgan fingerprint density at radius 1 is 1.07 bits per heavy atom. The molecule has 0 atom stereocenters. The molecule has 2 heterocycles. The molecule has 144 valence electrons. The Bertz CT molecular complexity index is 1010. The smallest absolute Gasteiger partial charge is 0.254 e. The molecule has 28 heavy (non-hydrogen) atoms. The van der Waals surface area contributed by atoms with E-state index in [9.17, 15) is 4.79 Å². The lowest BCUT2D eigenvalue weighted by atomic mass is 10.1. The van der Waals surface area contributed by atoms with Crippen LogP contribution in [-0.2, 0) is 6.54 Å². The maximum Gasteiger partial charge on any atom is 0.254 e. The van der Waals surface area contributed by atoms with Crippen LogP contribution in [0.15, 0.2) is 48.5 Å². The predicted octanol–water partition coefficient (Wildman–Crippen LogP) is 3.53. The highest BCUT2D eigenvalue weighted by molar-refractivity contribution is 5.94. The molecule has 0 saturated carbocycles. The Hall–Kier alpha value is -3.28. The number of para-hydroxylation sites is 1. The van der Waals surface area contributed by atoms with E-state index >= 15 is 0 Å². The first-order valence-electron chi connectivity index (χ1n) is 9.30. The molecule has 0 aliphatic carbocycles. The van der Waals surface area contributed by atoms with E-state index in [1.165, 1.54) is 0 Å². The van der Waals surface area contributed by atoms with Gasteiger partial charge in [-0.2, -0.15) is 5.10 Å². The molecular weight excluding hydrogens is 354 g/mol. The average molecular weight is 377 g/mol. The number of aromatic nitrogens is 2. The van der Waals surface area contributed by atoms with Gasteiger partial charge in [0, 0.05) is 30.4 Å². The van der Waals surface area contributed by atoms with Crippen molar-refractivity contribution in [3.63, 3.8) is 0 Å². The number of hydrogen-bond acceptors (Lipinski definition) is 4. The Labute approximate surface area is 164 Å². The van der Waals surface area contributed by atoms with Gasteiger partial charge in [0.2, 0.25) is 0 Å². The number of carbonyl (C=O) groups is 1. The molecule has 1 aromatic heterocycles. The molecule has 6 nitrogen and oxygen atoms in total. The summed E-state index contributed by atoms with van der Waals surface area (Å²) in [4.78, 5) is 14.6. The summed E-state index contributed by atoms with van der Waals surface area (Å²) in [6.07, 6.45) is 0.